The third-order valence-corrected chi connectivity index (χ3v) is 1.97. The van der Waals surface area contributed by atoms with Gasteiger partial charge in [0.15, 0.2) is 11.5 Å². The van der Waals surface area contributed by atoms with Crippen molar-refractivity contribution in [3.8, 4) is 11.5 Å². The van der Waals surface area contributed by atoms with Crippen LogP contribution in [-0.4, -0.2) is 14.2 Å². The summed E-state index contributed by atoms with van der Waals surface area (Å²) in [6.45, 7) is 1.94. The number of ether oxygens (including phenoxy) is 2. The van der Waals surface area contributed by atoms with Crippen LogP contribution in [0.15, 0.2) is 12.1 Å². The quantitative estimate of drug-likeness (QED) is 0.707. The Morgan fingerprint density at radius 2 is 1.67 bits per heavy atom. The third-order valence-electron chi connectivity index (χ3n) is 1.67. The molecule has 2 nitrogen and oxygen atoms in total. The molecule has 0 aliphatic rings. The molecule has 0 amide bonds. The molecule has 0 unspecified atom stereocenters. The van der Waals surface area contributed by atoms with E-state index in [1.807, 2.05) is 13.0 Å². The third kappa shape index (κ3) is 1.48. The zero-order valence-electron chi connectivity index (χ0n) is 7.35. The highest BCUT2D eigenvalue weighted by Crippen LogP contribution is 2.36. The van der Waals surface area contributed by atoms with Crippen molar-refractivity contribution in [2.45, 2.75) is 6.92 Å². The maximum Gasteiger partial charge on any atom is 0.179 e. The molecule has 0 aromatic heterocycles. The summed E-state index contributed by atoms with van der Waals surface area (Å²) in [4.78, 5) is 0. The van der Waals surface area contributed by atoms with Gasteiger partial charge in [-0.3, -0.25) is 0 Å². The van der Waals surface area contributed by atoms with E-state index in [1.165, 1.54) is 0 Å². The first-order chi connectivity index (χ1) is 5.70. The van der Waals surface area contributed by atoms with E-state index in [2.05, 4.69) is 0 Å². The average Bonchev–Trinajstić information content (AvgIpc) is 2.08. The summed E-state index contributed by atoms with van der Waals surface area (Å²) in [5.74, 6) is 1.30. The lowest BCUT2D eigenvalue weighted by Crippen LogP contribution is -1.93. The molecule has 0 atom stereocenters. The summed E-state index contributed by atoms with van der Waals surface area (Å²) in [6.07, 6.45) is 0. The van der Waals surface area contributed by atoms with Gasteiger partial charge in [-0.05, 0) is 18.6 Å². The minimum atomic E-state index is 0.569. The number of halogens is 1. The lowest BCUT2D eigenvalue weighted by atomic mass is 10.2. The van der Waals surface area contributed by atoms with Crippen LogP contribution in [0.25, 0.3) is 0 Å². The van der Waals surface area contributed by atoms with E-state index in [9.17, 15) is 0 Å². The van der Waals surface area contributed by atoms with Crippen LogP contribution in [0.2, 0.25) is 5.02 Å². The van der Waals surface area contributed by atoms with E-state index in [0.717, 1.165) is 5.56 Å². The fourth-order valence-electron chi connectivity index (χ4n) is 1.08. The summed E-state index contributed by atoms with van der Waals surface area (Å²) >= 11 is 5.88. The first-order valence-electron chi connectivity index (χ1n) is 3.57. The highest BCUT2D eigenvalue weighted by Gasteiger charge is 2.10. The molecule has 0 radical (unpaired) electrons. The summed E-state index contributed by atoms with van der Waals surface area (Å²) < 4.78 is 10.2. The molecule has 1 rings (SSSR count). The fourth-order valence-corrected chi connectivity index (χ4v) is 1.31. The Balaban J connectivity index is 3.28. The molecule has 0 N–H and O–H groups in total. The van der Waals surface area contributed by atoms with Gasteiger partial charge >= 0.3 is 0 Å². The fraction of sp³-hybridized carbons (Fsp3) is 0.333. The van der Waals surface area contributed by atoms with Crippen molar-refractivity contribution >= 4 is 11.6 Å². The van der Waals surface area contributed by atoms with Crippen LogP contribution in [0.3, 0.4) is 0 Å². The molecular formula is C9H11ClO2. The van der Waals surface area contributed by atoms with Gasteiger partial charge in [-0.2, -0.15) is 0 Å². The van der Waals surface area contributed by atoms with Crippen molar-refractivity contribution in [1.29, 1.82) is 0 Å². The van der Waals surface area contributed by atoms with Crippen molar-refractivity contribution in [1.82, 2.24) is 0 Å². The average molecular weight is 187 g/mol. The normalized spacial score (nSPS) is 9.67. The second-order valence-corrected chi connectivity index (χ2v) is 2.84. The van der Waals surface area contributed by atoms with E-state index in [-0.39, 0.29) is 0 Å². The molecule has 3 heteroatoms. The van der Waals surface area contributed by atoms with Crippen LogP contribution >= 0.6 is 11.6 Å². The van der Waals surface area contributed by atoms with Crippen molar-refractivity contribution < 1.29 is 9.47 Å². The van der Waals surface area contributed by atoms with E-state index in [1.54, 1.807) is 20.3 Å². The summed E-state index contributed by atoms with van der Waals surface area (Å²) in [7, 11) is 3.17. The van der Waals surface area contributed by atoms with Crippen molar-refractivity contribution in [2.24, 2.45) is 0 Å². The number of methoxy groups -OCH3 is 2. The molecule has 0 saturated heterocycles. The van der Waals surface area contributed by atoms with Crippen LogP contribution in [0.5, 0.6) is 11.5 Å². The Kier molecular flexibility index (Phi) is 2.82. The van der Waals surface area contributed by atoms with Crippen LogP contribution in [0.4, 0.5) is 0 Å². The zero-order chi connectivity index (χ0) is 9.14. The van der Waals surface area contributed by atoms with Gasteiger partial charge in [0.05, 0.1) is 19.2 Å². The highest BCUT2D eigenvalue weighted by molar-refractivity contribution is 6.32. The van der Waals surface area contributed by atoms with Crippen LogP contribution in [0, 0.1) is 6.92 Å². The van der Waals surface area contributed by atoms with Gasteiger partial charge in [-0.25, -0.2) is 0 Å². The summed E-state index contributed by atoms with van der Waals surface area (Å²) in [5, 5.41) is 0.569. The van der Waals surface area contributed by atoms with Gasteiger partial charge in [0.25, 0.3) is 0 Å². The Bertz CT molecular complexity index is 255. The van der Waals surface area contributed by atoms with Crippen molar-refractivity contribution in [3.63, 3.8) is 0 Å². The largest absolute Gasteiger partial charge is 0.493 e. The molecule has 0 fully saturated rings. The highest BCUT2D eigenvalue weighted by atomic mass is 35.5. The Hall–Kier alpha value is -0.890. The van der Waals surface area contributed by atoms with Crippen molar-refractivity contribution in [3.05, 3.63) is 22.7 Å². The number of hydrogen-bond donors (Lipinski definition) is 0. The number of hydrogen-bond acceptors (Lipinski definition) is 2. The molecule has 0 heterocycles. The molecule has 66 valence electrons. The molecule has 1 aromatic carbocycles. The van der Waals surface area contributed by atoms with Crippen LogP contribution in [-0.2, 0) is 0 Å². The van der Waals surface area contributed by atoms with Crippen LogP contribution in [0.1, 0.15) is 5.56 Å². The van der Waals surface area contributed by atoms with Crippen molar-refractivity contribution in [2.75, 3.05) is 14.2 Å². The topological polar surface area (TPSA) is 18.5 Å². The van der Waals surface area contributed by atoms with Gasteiger partial charge in [-0.15, -0.1) is 0 Å². The standard InChI is InChI=1S/C9H11ClO2/c1-6-4-5-7(10)9(12-3)8(6)11-2/h4-5H,1-3H3. The molecule has 0 saturated carbocycles. The van der Waals surface area contributed by atoms with Gasteiger partial charge < -0.3 is 9.47 Å². The number of benzene rings is 1. The van der Waals surface area contributed by atoms with Gasteiger partial charge in [-0.1, -0.05) is 17.7 Å². The molecular weight excluding hydrogens is 176 g/mol. The predicted octanol–water partition coefficient (Wildman–Crippen LogP) is 2.67. The minimum Gasteiger partial charge on any atom is -0.493 e. The molecule has 0 bridgehead atoms. The smallest absolute Gasteiger partial charge is 0.179 e. The second kappa shape index (κ2) is 3.68. The van der Waals surface area contributed by atoms with Gasteiger partial charge in [0.2, 0.25) is 0 Å². The van der Waals surface area contributed by atoms with E-state index in [0.29, 0.717) is 16.5 Å². The second-order valence-electron chi connectivity index (χ2n) is 2.43. The number of aryl methyl sites for hydroxylation is 1. The lowest BCUT2D eigenvalue weighted by molar-refractivity contribution is 0.353. The van der Waals surface area contributed by atoms with Gasteiger partial charge in [0, 0.05) is 0 Å². The number of rotatable bonds is 2. The zero-order valence-corrected chi connectivity index (χ0v) is 8.11. The Labute approximate surface area is 77.1 Å². The first kappa shape index (κ1) is 9.20. The molecule has 1 aromatic rings. The molecule has 0 spiro atoms. The summed E-state index contributed by atoms with van der Waals surface area (Å²) in [5.41, 5.74) is 1.01. The molecule has 0 aliphatic carbocycles. The maximum absolute atomic E-state index is 5.88. The summed E-state index contributed by atoms with van der Waals surface area (Å²) in [6, 6.07) is 3.68. The molecule has 0 aliphatic heterocycles. The van der Waals surface area contributed by atoms with E-state index >= 15 is 0 Å². The first-order valence-corrected chi connectivity index (χ1v) is 3.95. The SMILES string of the molecule is COc1c(C)ccc(Cl)c1OC. The molecule has 12 heavy (non-hydrogen) atoms. The lowest BCUT2D eigenvalue weighted by Gasteiger charge is -2.10. The van der Waals surface area contributed by atoms with E-state index < -0.39 is 0 Å². The van der Waals surface area contributed by atoms with Crippen LogP contribution < -0.4 is 9.47 Å². The Morgan fingerprint density at radius 1 is 1.08 bits per heavy atom. The maximum atomic E-state index is 5.88. The minimum absolute atomic E-state index is 0.569. The van der Waals surface area contributed by atoms with E-state index in [4.69, 9.17) is 21.1 Å². The Morgan fingerprint density at radius 3 is 2.08 bits per heavy atom. The monoisotopic (exact) mass is 186 g/mol. The van der Waals surface area contributed by atoms with Gasteiger partial charge in [0.1, 0.15) is 0 Å². The predicted molar refractivity (Wildman–Crippen MR) is 49.3 cm³/mol.